The zero-order valence-corrected chi connectivity index (χ0v) is 24.0. The van der Waals surface area contributed by atoms with Crippen LogP contribution >= 0.6 is 26.0 Å². The van der Waals surface area contributed by atoms with Gasteiger partial charge in [0.25, 0.3) is 8.45 Å². The Morgan fingerprint density at radius 3 is 1.76 bits per heavy atom. The van der Waals surface area contributed by atoms with Crippen LogP contribution < -0.4 is 14.2 Å². The average molecular weight is 564 g/mol. The third kappa shape index (κ3) is 10.2. The summed E-state index contributed by atoms with van der Waals surface area (Å²) in [6.07, 6.45) is 0. The molecule has 37 heavy (non-hydrogen) atoms. The highest BCUT2D eigenvalue weighted by Gasteiger charge is 2.21. The molecule has 9 nitrogen and oxygen atoms in total. The van der Waals surface area contributed by atoms with E-state index in [9.17, 15) is 0 Å². The summed E-state index contributed by atoms with van der Waals surface area (Å²) in [5.74, 6) is 2.31. The Morgan fingerprint density at radius 2 is 1.24 bits per heavy atom. The SMILES string of the molecule is COc1cccc(COP=NP(OCc2cccc(OC)c2)N(OC)POCc2cccc(OC)c2)c1. The highest BCUT2D eigenvalue weighted by atomic mass is 31.2. The molecule has 0 radical (unpaired) electrons. The van der Waals surface area contributed by atoms with Crippen molar-refractivity contribution in [3.63, 3.8) is 0 Å². The van der Waals surface area contributed by atoms with Gasteiger partial charge in [-0.1, -0.05) is 41.0 Å². The van der Waals surface area contributed by atoms with Gasteiger partial charge in [-0.2, -0.15) is 4.52 Å². The van der Waals surface area contributed by atoms with Crippen molar-refractivity contribution >= 4 is 26.0 Å². The van der Waals surface area contributed by atoms with E-state index in [2.05, 4.69) is 4.52 Å². The van der Waals surface area contributed by atoms with Crippen LogP contribution in [0.25, 0.3) is 0 Å². The van der Waals surface area contributed by atoms with Crippen molar-refractivity contribution in [1.29, 1.82) is 0 Å². The number of ether oxygens (including phenoxy) is 3. The van der Waals surface area contributed by atoms with E-state index in [0.717, 1.165) is 33.9 Å². The van der Waals surface area contributed by atoms with Crippen molar-refractivity contribution in [2.24, 2.45) is 4.52 Å². The fraction of sp³-hybridized carbons (Fsp3) is 0.280. The van der Waals surface area contributed by atoms with Crippen LogP contribution in [-0.4, -0.2) is 33.0 Å². The summed E-state index contributed by atoms with van der Waals surface area (Å²) in [5, 5.41) is 0. The van der Waals surface area contributed by atoms with Crippen molar-refractivity contribution in [3.05, 3.63) is 89.5 Å². The largest absolute Gasteiger partial charge is 0.497 e. The van der Waals surface area contributed by atoms with Crippen molar-refractivity contribution in [2.75, 3.05) is 28.4 Å². The van der Waals surface area contributed by atoms with Gasteiger partial charge in [0.15, 0.2) is 8.60 Å². The summed E-state index contributed by atoms with van der Waals surface area (Å²) in [6.45, 7) is 1.08. The first kappa shape index (κ1) is 29.4. The van der Waals surface area contributed by atoms with E-state index in [1.54, 1.807) is 33.0 Å². The molecule has 12 heteroatoms. The Hall–Kier alpha value is -2.18. The van der Waals surface area contributed by atoms with Crippen LogP contribution in [0.4, 0.5) is 0 Å². The number of methoxy groups -OCH3 is 3. The molecular weight excluding hydrogens is 533 g/mol. The monoisotopic (exact) mass is 564 g/mol. The summed E-state index contributed by atoms with van der Waals surface area (Å²) in [5.41, 5.74) is 2.92. The fourth-order valence-corrected chi connectivity index (χ4v) is 6.08. The average Bonchev–Trinajstić information content (AvgIpc) is 2.95. The summed E-state index contributed by atoms with van der Waals surface area (Å²) < 4.78 is 39.9. The third-order valence-electron chi connectivity index (χ3n) is 4.86. The second kappa shape index (κ2) is 16.6. The van der Waals surface area contributed by atoms with Crippen molar-refractivity contribution < 1.29 is 32.6 Å². The molecule has 0 bridgehead atoms. The number of benzene rings is 3. The van der Waals surface area contributed by atoms with E-state index >= 15 is 0 Å². The van der Waals surface area contributed by atoms with Crippen molar-refractivity contribution in [2.45, 2.75) is 19.8 Å². The van der Waals surface area contributed by atoms with Crippen LogP contribution in [0.3, 0.4) is 0 Å². The quantitative estimate of drug-likeness (QED) is 0.132. The van der Waals surface area contributed by atoms with E-state index in [-0.39, 0.29) is 8.96 Å². The van der Waals surface area contributed by atoms with E-state index in [1.807, 2.05) is 72.8 Å². The minimum atomic E-state index is -1.55. The molecule has 0 aromatic heterocycles. The van der Waals surface area contributed by atoms with Gasteiger partial charge in [0, 0.05) is 0 Å². The minimum Gasteiger partial charge on any atom is -0.497 e. The van der Waals surface area contributed by atoms with Crippen LogP contribution in [0.1, 0.15) is 16.7 Å². The highest BCUT2D eigenvalue weighted by Crippen LogP contribution is 2.53. The van der Waals surface area contributed by atoms with E-state index < -0.39 is 8.45 Å². The lowest BCUT2D eigenvalue weighted by atomic mass is 10.2. The molecule has 0 amide bonds. The third-order valence-corrected chi connectivity index (χ3v) is 8.21. The molecule has 2 atom stereocenters. The number of hydrogen-bond donors (Lipinski definition) is 0. The van der Waals surface area contributed by atoms with Gasteiger partial charge in [0.1, 0.15) is 26.2 Å². The van der Waals surface area contributed by atoms with Gasteiger partial charge >= 0.3 is 0 Å². The van der Waals surface area contributed by atoms with Crippen LogP contribution in [0.2, 0.25) is 0 Å². The van der Waals surface area contributed by atoms with Crippen molar-refractivity contribution in [3.8, 4) is 17.2 Å². The van der Waals surface area contributed by atoms with Gasteiger partial charge < -0.3 is 27.8 Å². The molecule has 198 valence electrons. The lowest BCUT2D eigenvalue weighted by Gasteiger charge is -2.23. The fourth-order valence-electron chi connectivity index (χ4n) is 3.01. The predicted octanol–water partition coefficient (Wildman–Crippen LogP) is 7.31. The molecule has 0 aliphatic heterocycles. The Bertz CT molecular complexity index is 1120. The molecule has 0 aliphatic carbocycles. The molecule has 3 aromatic carbocycles. The maximum Gasteiger partial charge on any atom is 0.275 e. The Kier molecular flexibility index (Phi) is 13.2. The molecule has 0 saturated carbocycles. The normalized spacial score (nSPS) is 12.5. The molecule has 3 rings (SSSR count). The molecule has 0 aliphatic rings. The summed E-state index contributed by atoms with van der Waals surface area (Å²) in [6, 6.07) is 23.1. The molecule has 0 fully saturated rings. The lowest BCUT2D eigenvalue weighted by Crippen LogP contribution is -2.07. The van der Waals surface area contributed by atoms with Crippen LogP contribution in [0.15, 0.2) is 77.3 Å². The van der Waals surface area contributed by atoms with E-state index in [1.165, 1.54) is 0 Å². The molecule has 0 saturated heterocycles. The first-order valence-electron chi connectivity index (χ1n) is 11.2. The Labute approximate surface area is 222 Å². The maximum atomic E-state index is 6.15. The van der Waals surface area contributed by atoms with Gasteiger partial charge in [-0.05, 0) is 53.1 Å². The van der Waals surface area contributed by atoms with Crippen LogP contribution in [0.5, 0.6) is 17.2 Å². The van der Waals surface area contributed by atoms with E-state index in [4.69, 9.17) is 32.6 Å². The number of rotatable bonds is 16. The maximum absolute atomic E-state index is 6.15. The molecule has 3 aromatic rings. The summed E-state index contributed by atoms with van der Waals surface area (Å²) >= 11 is 0. The highest BCUT2D eigenvalue weighted by molar-refractivity contribution is 7.59. The lowest BCUT2D eigenvalue weighted by molar-refractivity contribution is 0.0175. The van der Waals surface area contributed by atoms with Gasteiger partial charge in [-0.3, -0.25) is 4.84 Å². The standard InChI is InChI=1S/C25H31N2O7P3/c1-28-23-11-5-8-20(14-23)17-32-35-26-37(34-19-22-10-7-13-25(16-22)30-3)27(31-4)36-33-18-21-9-6-12-24(15-21)29-2/h5-16,36H,17-19H2,1-4H3. The zero-order valence-electron chi connectivity index (χ0n) is 21.2. The van der Waals surface area contributed by atoms with Crippen molar-refractivity contribution in [1.82, 2.24) is 4.60 Å². The minimum absolute atomic E-state index is 0.146. The first-order valence-corrected chi connectivity index (χ1v) is 14.0. The Balaban J connectivity index is 1.63. The Morgan fingerprint density at radius 1 is 0.730 bits per heavy atom. The summed E-state index contributed by atoms with van der Waals surface area (Å²) in [4.78, 5) is 5.58. The second-order valence-electron chi connectivity index (χ2n) is 7.36. The van der Waals surface area contributed by atoms with Crippen LogP contribution in [-0.2, 0) is 38.2 Å². The van der Waals surface area contributed by atoms with Gasteiger partial charge in [-0.25, -0.2) is 0 Å². The topological polar surface area (TPSA) is 80.2 Å². The van der Waals surface area contributed by atoms with Gasteiger partial charge in [-0.15, -0.1) is 0 Å². The zero-order chi connectivity index (χ0) is 26.3. The predicted molar refractivity (Wildman–Crippen MR) is 147 cm³/mol. The van der Waals surface area contributed by atoms with Crippen LogP contribution in [0, 0.1) is 0 Å². The first-order chi connectivity index (χ1) is 18.1. The summed E-state index contributed by atoms with van der Waals surface area (Å²) in [7, 11) is 5.19. The molecule has 0 heterocycles. The van der Waals surface area contributed by atoms with E-state index in [0.29, 0.717) is 28.4 Å². The van der Waals surface area contributed by atoms with Gasteiger partial charge in [0.05, 0.1) is 48.3 Å². The smallest absolute Gasteiger partial charge is 0.275 e. The van der Waals surface area contributed by atoms with Gasteiger partial charge in [0.2, 0.25) is 0 Å². The number of hydrogen-bond acceptors (Lipinski definition) is 9. The molecule has 0 N–H and O–H groups in total. The number of nitrogens with zero attached hydrogens (tertiary/aromatic N) is 2. The molecule has 0 spiro atoms. The molecular formula is C25H31N2O7P3. The molecule has 2 unspecified atom stereocenters. The second-order valence-corrected chi connectivity index (χ2v) is 10.9.